The van der Waals surface area contributed by atoms with E-state index >= 15 is 0 Å². The lowest BCUT2D eigenvalue weighted by Crippen LogP contribution is -2.41. The SMILES string of the molecule is Cc1ccccc1OC[C@H]1CCCN(C(=O)c2cn(Cc3ccccc3Cl)nn2)C1. The van der Waals surface area contributed by atoms with Crippen LogP contribution in [-0.4, -0.2) is 45.5 Å². The van der Waals surface area contributed by atoms with E-state index in [1.807, 2.05) is 60.4 Å². The van der Waals surface area contributed by atoms with Crippen molar-refractivity contribution < 1.29 is 9.53 Å². The van der Waals surface area contributed by atoms with E-state index in [-0.39, 0.29) is 5.91 Å². The fourth-order valence-corrected chi connectivity index (χ4v) is 3.94. The molecule has 4 rings (SSSR count). The highest BCUT2D eigenvalue weighted by atomic mass is 35.5. The van der Waals surface area contributed by atoms with Gasteiger partial charge < -0.3 is 9.64 Å². The zero-order valence-corrected chi connectivity index (χ0v) is 17.8. The molecule has 156 valence electrons. The van der Waals surface area contributed by atoms with Crippen LogP contribution in [0.25, 0.3) is 0 Å². The first-order valence-corrected chi connectivity index (χ1v) is 10.6. The van der Waals surface area contributed by atoms with Crippen molar-refractivity contribution in [1.82, 2.24) is 19.9 Å². The van der Waals surface area contributed by atoms with E-state index in [4.69, 9.17) is 16.3 Å². The second-order valence-electron chi connectivity index (χ2n) is 7.73. The summed E-state index contributed by atoms with van der Waals surface area (Å²) in [6.07, 6.45) is 3.70. The number of carbonyl (C=O) groups excluding carboxylic acids is 1. The van der Waals surface area contributed by atoms with Crippen LogP contribution in [0.2, 0.25) is 5.02 Å². The average Bonchev–Trinajstić information content (AvgIpc) is 3.23. The van der Waals surface area contributed by atoms with Gasteiger partial charge in [0.05, 0.1) is 19.3 Å². The van der Waals surface area contributed by atoms with E-state index in [1.54, 1.807) is 10.9 Å². The average molecular weight is 425 g/mol. The second-order valence-corrected chi connectivity index (χ2v) is 8.14. The molecule has 0 aliphatic carbocycles. The van der Waals surface area contributed by atoms with Crippen LogP contribution in [0.4, 0.5) is 0 Å². The Bertz CT molecular complexity index is 1020. The first-order valence-electron chi connectivity index (χ1n) is 10.2. The Balaban J connectivity index is 1.36. The number of amides is 1. The third kappa shape index (κ3) is 4.82. The van der Waals surface area contributed by atoms with Crippen LogP contribution < -0.4 is 4.74 Å². The minimum absolute atomic E-state index is 0.0824. The third-order valence-corrected chi connectivity index (χ3v) is 5.79. The molecule has 6 nitrogen and oxygen atoms in total. The maximum absolute atomic E-state index is 12.9. The summed E-state index contributed by atoms with van der Waals surface area (Å²) in [7, 11) is 0. The van der Waals surface area contributed by atoms with E-state index in [1.165, 1.54) is 0 Å². The molecule has 1 atom stereocenters. The summed E-state index contributed by atoms with van der Waals surface area (Å²) in [5, 5.41) is 8.88. The minimum Gasteiger partial charge on any atom is -0.493 e. The highest BCUT2D eigenvalue weighted by Gasteiger charge is 2.26. The summed E-state index contributed by atoms with van der Waals surface area (Å²) in [5.74, 6) is 1.13. The maximum Gasteiger partial charge on any atom is 0.276 e. The predicted molar refractivity (Wildman–Crippen MR) is 116 cm³/mol. The zero-order valence-electron chi connectivity index (χ0n) is 17.0. The lowest BCUT2D eigenvalue weighted by molar-refractivity contribution is 0.0627. The van der Waals surface area contributed by atoms with Gasteiger partial charge in [-0.05, 0) is 43.0 Å². The fourth-order valence-electron chi connectivity index (χ4n) is 3.75. The predicted octanol–water partition coefficient (Wildman–Crippen LogP) is 4.22. The molecule has 30 heavy (non-hydrogen) atoms. The monoisotopic (exact) mass is 424 g/mol. The van der Waals surface area contributed by atoms with E-state index in [0.717, 1.165) is 36.3 Å². The van der Waals surface area contributed by atoms with Crippen molar-refractivity contribution in [3.05, 3.63) is 76.6 Å². The Hall–Kier alpha value is -2.86. The van der Waals surface area contributed by atoms with E-state index in [0.29, 0.717) is 36.3 Å². The molecule has 0 spiro atoms. The molecule has 3 aromatic rings. The fraction of sp³-hybridized carbons (Fsp3) is 0.348. The summed E-state index contributed by atoms with van der Waals surface area (Å²) in [6.45, 7) is 4.53. The van der Waals surface area contributed by atoms with Gasteiger partial charge in [0.1, 0.15) is 5.75 Å². The molecule has 0 saturated carbocycles. The second kappa shape index (κ2) is 9.30. The van der Waals surface area contributed by atoms with Crippen molar-refractivity contribution in [3.8, 4) is 5.75 Å². The molecule has 2 aromatic carbocycles. The molecular weight excluding hydrogens is 400 g/mol. The number of aryl methyl sites for hydroxylation is 1. The topological polar surface area (TPSA) is 60.2 Å². The van der Waals surface area contributed by atoms with Gasteiger partial charge in [-0.2, -0.15) is 0 Å². The van der Waals surface area contributed by atoms with E-state index in [2.05, 4.69) is 10.3 Å². The maximum atomic E-state index is 12.9. The van der Waals surface area contributed by atoms with Gasteiger partial charge >= 0.3 is 0 Å². The van der Waals surface area contributed by atoms with Crippen molar-refractivity contribution in [1.29, 1.82) is 0 Å². The zero-order chi connectivity index (χ0) is 20.9. The molecular formula is C23H25ClN4O2. The molecule has 1 aromatic heterocycles. The molecule has 0 radical (unpaired) electrons. The number of para-hydroxylation sites is 1. The van der Waals surface area contributed by atoms with Gasteiger partial charge in [0.2, 0.25) is 0 Å². The largest absolute Gasteiger partial charge is 0.493 e. The number of aromatic nitrogens is 3. The smallest absolute Gasteiger partial charge is 0.276 e. The Morgan fingerprint density at radius 2 is 2.00 bits per heavy atom. The lowest BCUT2D eigenvalue weighted by atomic mass is 9.98. The van der Waals surface area contributed by atoms with Crippen LogP contribution in [0.1, 0.15) is 34.5 Å². The molecule has 0 bridgehead atoms. The number of ether oxygens (including phenoxy) is 1. The molecule has 2 heterocycles. The number of halogens is 1. The van der Waals surface area contributed by atoms with Gasteiger partial charge in [0.15, 0.2) is 5.69 Å². The quantitative estimate of drug-likeness (QED) is 0.594. The first-order chi connectivity index (χ1) is 14.6. The van der Waals surface area contributed by atoms with E-state index in [9.17, 15) is 4.79 Å². The summed E-state index contributed by atoms with van der Waals surface area (Å²) < 4.78 is 7.66. The minimum atomic E-state index is -0.0824. The molecule has 1 saturated heterocycles. The molecule has 1 fully saturated rings. The lowest BCUT2D eigenvalue weighted by Gasteiger charge is -2.32. The first kappa shape index (κ1) is 20.4. The van der Waals surface area contributed by atoms with Crippen LogP contribution in [0, 0.1) is 12.8 Å². The van der Waals surface area contributed by atoms with Crippen molar-refractivity contribution >= 4 is 17.5 Å². The van der Waals surface area contributed by atoms with Crippen molar-refractivity contribution in [2.75, 3.05) is 19.7 Å². The number of hydrogen-bond acceptors (Lipinski definition) is 4. The Labute approximate surface area is 181 Å². The Kier molecular flexibility index (Phi) is 6.33. The highest BCUT2D eigenvalue weighted by Crippen LogP contribution is 2.22. The van der Waals surface area contributed by atoms with Crippen LogP contribution >= 0.6 is 11.6 Å². The van der Waals surface area contributed by atoms with Gasteiger partial charge in [-0.25, -0.2) is 4.68 Å². The molecule has 1 aliphatic rings. The van der Waals surface area contributed by atoms with Gasteiger partial charge in [-0.1, -0.05) is 53.2 Å². The number of nitrogens with zero attached hydrogens (tertiary/aromatic N) is 4. The number of hydrogen-bond donors (Lipinski definition) is 0. The van der Waals surface area contributed by atoms with Crippen LogP contribution in [0.5, 0.6) is 5.75 Å². The van der Waals surface area contributed by atoms with Crippen molar-refractivity contribution in [2.24, 2.45) is 5.92 Å². The molecule has 7 heteroatoms. The van der Waals surface area contributed by atoms with Crippen molar-refractivity contribution in [3.63, 3.8) is 0 Å². The summed E-state index contributed by atoms with van der Waals surface area (Å²) in [4.78, 5) is 14.8. The van der Waals surface area contributed by atoms with Crippen molar-refractivity contribution in [2.45, 2.75) is 26.3 Å². The Morgan fingerprint density at radius 1 is 1.20 bits per heavy atom. The number of carbonyl (C=O) groups is 1. The van der Waals surface area contributed by atoms with Gasteiger partial charge in [-0.15, -0.1) is 5.10 Å². The number of likely N-dealkylation sites (tertiary alicyclic amines) is 1. The molecule has 0 unspecified atom stereocenters. The van der Waals surface area contributed by atoms with Gasteiger partial charge in [0, 0.05) is 24.0 Å². The third-order valence-electron chi connectivity index (χ3n) is 5.42. The standard InChI is InChI=1S/C23H25ClN4O2/c1-17-7-2-5-11-22(17)30-16-18-8-6-12-27(13-18)23(29)21-15-28(26-25-21)14-19-9-3-4-10-20(19)24/h2-5,7,9-11,15,18H,6,8,12-14,16H2,1H3/t18-/m0/s1. The summed E-state index contributed by atoms with van der Waals surface area (Å²) in [5.41, 5.74) is 2.42. The Morgan fingerprint density at radius 3 is 2.83 bits per heavy atom. The molecule has 0 N–H and O–H groups in total. The normalized spacial score (nSPS) is 16.5. The summed E-state index contributed by atoms with van der Waals surface area (Å²) in [6, 6.07) is 15.6. The summed E-state index contributed by atoms with van der Waals surface area (Å²) >= 11 is 6.22. The molecule has 1 amide bonds. The van der Waals surface area contributed by atoms with Gasteiger partial charge in [0.25, 0.3) is 5.91 Å². The number of piperidine rings is 1. The van der Waals surface area contributed by atoms with Crippen LogP contribution in [-0.2, 0) is 6.54 Å². The van der Waals surface area contributed by atoms with Gasteiger partial charge in [-0.3, -0.25) is 4.79 Å². The highest BCUT2D eigenvalue weighted by molar-refractivity contribution is 6.31. The van der Waals surface area contributed by atoms with Crippen LogP contribution in [0.15, 0.2) is 54.7 Å². The number of benzene rings is 2. The number of rotatable bonds is 6. The molecule has 1 aliphatic heterocycles. The van der Waals surface area contributed by atoms with Crippen LogP contribution in [0.3, 0.4) is 0 Å². The van der Waals surface area contributed by atoms with E-state index < -0.39 is 0 Å².